The van der Waals surface area contributed by atoms with Gasteiger partial charge in [0.15, 0.2) is 5.16 Å². The smallest absolute Gasteiger partial charge is 0.230 e. The summed E-state index contributed by atoms with van der Waals surface area (Å²) in [6, 6.07) is 10.2. The van der Waals surface area contributed by atoms with Gasteiger partial charge in [0.2, 0.25) is 5.91 Å². The van der Waals surface area contributed by atoms with Crippen molar-refractivity contribution in [2.45, 2.75) is 25.5 Å². The average molecular weight is 303 g/mol. The summed E-state index contributed by atoms with van der Waals surface area (Å²) in [5.74, 6) is 0.918. The Balaban J connectivity index is 2.29. The predicted octanol–water partition coefficient (Wildman–Crippen LogP) is 3.04. The number of benzene rings is 1. The van der Waals surface area contributed by atoms with Gasteiger partial charge < -0.3 is 9.88 Å². The number of nitrogens with zero attached hydrogens (tertiary/aromatic N) is 2. The first-order valence-electron chi connectivity index (χ1n) is 7.06. The zero-order valence-electron chi connectivity index (χ0n) is 12.7. The van der Waals surface area contributed by atoms with E-state index < -0.39 is 0 Å². The molecule has 0 aliphatic carbocycles. The lowest BCUT2D eigenvalue weighted by Crippen LogP contribution is -2.20. The third-order valence-electron chi connectivity index (χ3n) is 3.05. The highest BCUT2D eigenvalue weighted by atomic mass is 32.2. The largest absolute Gasteiger partial charge is 0.358 e. The Morgan fingerprint density at radius 2 is 2.05 bits per heavy atom. The first kappa shape index (κ1) is 15.6. The first-order valence-corrected chi connectivity index (χ1v) is 8.04. The molecule has 2 rings (SSSR count). The molecule has 0 spiro atoms. The van der Waals surface area contributed by atoms with Crippen molar-refractivity contribution in [1.29, 1.82) is 0 Å². The minimum absolute atomic E-state index is 0.0142. The summed E-state index contributed by atoms with van der Waals surface area (Å²) >= 11 is 1.48. The van der Waals surface area contributed by atoms with Gasteiger partial charge in [-0.05, 0) is 11.5 Å². The SMILES string of the molecule is CNC(=O)CSc1ncc(-c2ccccc2)n1CC(C)C. The summed E-state index contributed by atoms with van der Waals surface area (Å²) in [5.41, 5.74) is 2.25. The Morgan fingerprint density at radius 3 is 2.67 bits per heavy atom. The molecule has 0 unspecified atom stereocenters. The van der Waals surface area contributed by atoms with Crippen molar-refractivity contribution < 1.29 is 4.79 Å². The van der Waals surface area contributed by atoms with Crippen LogP contribution in [0.1, 0.15) is 13.8 Å². The van der Waals surface area contributed by atoms with Crippen molar-refractivity contribution in [2.75, 3.05) is 12.8 Å². The molecule has 112 valence electrons. The number of rotatable bonds is 6. The molecule has 1 amide bonds. The van der Waals surface area contributed by atoms with Crippen LogP contribution in [-0.2, 0) is 11.3 Å². The zero-order valence-corrected chi connectivity index (χ0v) is 13.5. The van der Waals surface area contributed by atoms with E-state index in [2.05, 4.69) is 40.8 Å². The van der Waals surface area contributed by atoms with Crippen molar-refractivity contribution in [3.05, 3.63) is 36.5 Å². The van der Waals surface area contributed by atoms with E-state index in [1.165, 1.54) is 11.8 Å². The standard InChI is InChI=1S/C16H21N3OS/c1-12(2)10-19-14(13-7-5-4-6-8-13)9-18-16(19)21-11-15(20)17-3/h4-9,12H,10-11H2,1-3H3,(H,17,20). The second kappa shape index (κ2) is 7.31. The number of thioether (sulfide) groups is 1. The number of nitrogens with one attached hydrogen (secondary N) is 1. The normalized spacial score (nSPS) is 10.9. The monoisotopic (exact) mass is 303 g/mol. The fourth-order valence-electron chi connectivity index (χ4n) is 2.06. The molecule has 0 saturated carbocycles. The quantitative estimate of drug-likeness (QED) is 0.834. The van der Waals surface area contributed by atoms with Gasteiger partial charge in [-0.25, -0.2) is 4.98 Å². The summed E-state index contributed by atoms with van der Waals surface area (Å²) in [6.45, 7) is 5.25. The van der Waals surface area contributed by atoms with Crippen molar-refractivity contribution in [2.24, 2.45) is 5.92 Å². The first-order chi connectivity index (χ1) is 10.1. The van der Waals surface area contributed by atoms with Crippen molar-refractivity contribution in [3.8, 4) is 11.3 Å². The fraction of sp³-hybridized carbons (Fsp3) is 0.375. The van der Waals surface area contributed by atoms with Crippen LogP contribution in [0.2, 0.25) is 0 Å². The van der Waals surface area contributed by atoms with Crippen molar-refractivity contribution >= 4 is 17.7 Å². The van der Waals surface area contributed by atoms with Gasteiger partial charge in [-0.3, -0.25) is 4.79 Å². The van der Waals surface area contributed by atoms with E-state index in [-0.39, 0.29) is 5.91 Å². The number of hydrogen-bond acceptors (Lipinski definition) is 3. The van der Waals surface area contributed by atoms with Gasteiger partial charge in [-0.1, -0.05) is 55.9 Å². The Bertz CT molecular complexity index is 593. The van der Waals surface area contributed by atoms with Crippen LogP contribution in [0, 0.1) is 5.92 Å². The van der Waals surface area contributed by atoms with Crippen LogP contribution < -0.4 is 5.32 Å². The second-order valence-corrected chi connectivity index (χ2v) is 6.20. The summed E-state index contributed by atoms with van der Waals surface area (Å²) < 4.78 is 2.20. The van der Waals surface area contributed by atoms with Gasteiger partial charge in [-0.2, -0.15) is 0 Å². The van der Waals surface area contributed by atoms with Gasteiger partial charge in [-0.15, -0.1) is 0 Å². The average Bonchev–Trinajstić information content (AvgIpc) is 2.87. The van der Waals surface area contributed by atoms with E-state index in [0.29, 0.717) is 11.7 Å². The lowest BCUT2D eigenvalue weighted by molar-refractivity contribution is -0.118. The summed E-state index contributed by atoms with van der Waals surface area (Å²) in [5, 5.41) is 3.53. The highest BCUT2D eigenvalue weighted by Gasteiger charge is 2.14. The van der Waals surface area contributed by atoms with E-state index in [9.17, 15) is 4.79 Å². The van der Waals surface area contributed by atoms with Crippen LogP contribution >= 0.6 is 11.8 Å². The van der Waals surface area contributed by atoms with Gasteiger partial charge in [0.25, 0.3) is 0 Å². The van der Waals surface area contributed by atoms with Crippen molar-refractivity contribution in [1.82, 2.24) is 14.9 Å². The lowest BCUT2D eigenvalue weighted by atomic mass is 10.1. The van der Waals surface area contributed by atoms with Crippen LogP contribution in [-0.4, -0.2) is 28.3 Å². The van der Waals surface area contributed by atoms with E-state index >= 15 is 0 Å². The number of hydrogen-bond donors (Lipinski definition) is 1. The van der Waals surface area contributed by atoms with Crippen LogP contribution in [0.5, 0.6) is 0 Å². The molecule has 4 nitrogen and oxygen atoms in total. The van der Waals surface area contributed by atoms with E-state index in [1.54, 1.807) is 7.05 Å². The van der Waals surface area contributed by atoms with Crippen LogP contribution in [0.15, 0.2) is 41.7 Å². The van der Waals surface area contributed by atoms with Gasteiger partial charge in [0.05, 0.1) is 17.6 Å². The summed E-state index contributed by atoms with van der Waals surface area (Å²) in [7, 11) is 1.65. The third kappa shape index (κ3) is 4.11. The molecule has 0 aliphatic rings. The van der Waals surface area contributed by atoms with Crippen LogP contribution in [0.25, 0.3) is 11.3 Å². The van der Waals surface area contributed by atoms with Crippen molar-refractivity contribution in [3.63, 3.8) is 0 Å². The highest BCUT2D eigenvalue weighted by molar-refractivity contribution is 7.99. The molecule has 0 atom stereocenters. The molecular weight excluding hydrogens is 282 g/mol. The predicted molar refractivity (Wildman–Crippen MR) is 87.3 cm³/mol. The van der Waals surface area contributed by atoms with Crippen LogP contribution in [0.4, 0.5) is 0 Å². The van der Waals surface area contributed by atoms with Gasteiger partial charge >= 0.3 is 0 Å². The summed E-state index contributed by atoms with van der Waals surface area (Å²) in [4.78, 5) is 15.9. The van der Waals surface area contributed by atoms with Gasteiger partial charge in [0, 0.05) is 13.6 Å². The summed E-state index contributed by atoms with van der Waals surface area (Å²) in [6.07, 6.45) is 1.89. The van der Waals surface area contributed by atoms with Crippen LogP contribution in [0.3, 0.4) is 0 Å². The van der Waals surface area contributed by atoms with E-state index in [0.717, 1.165) is 23.0 Å². The molecule has 5 heteroatoms. The number of carbonyl (C=O) groups is 1. The molecular formula is C16H21N3OS. The molecule has 0 aliphatic heterocycles. The maximum Gasteiger partial charge on any atom is 0.230 e. The minimum Gasteiger partial charge on any atom is -0.358 e. The Hall–Kier alpha value is -1.75. The topological polar surface area (TPSA) is 46.9 Å². The molecule has 0 saturated heterocycles. The number of carbonyl (C=O) groups excluding carboxylic acids is 1. The molecule has 0 bridgehead atoms. The van der Waals surface area contributed by atoms with E-state index in [1.807, 2.05) is 24.4 Å². The molecule has 0 radical (unpaired) electrons. The Morgan fingerprint density at radius 1 is 1.33 bits per heavy atom. The Labute approximate surface area is 130 Å². The molecule has 1 N–H and O–H groups in total. The van der Waals surface area contributed by atoms with Gasteiger partial charge in [0.1, 0.15) is 0 Å². The van der Waals surface area contributed by atoms with E-state index in [4.69, 9.17) is 0 Å². The molecule has 21 heavy (non-hydrogen) atoms. The third-order valence-corrected chi connectivity index (χ3v) is 4.04. The molecule has 2 aromatic rings. The number of amides is 1. The Kier molecular flexibility index (Phi) is 5.44. The number of imidazole rings is 1. The molecule has 1 aromatic carbocycles. The highest BCUT2D eigenvalue weighted by Crippen LogP contribution is 2.27. The minimum atomic E-state index is 0.0142. The maximum absolute atomic E-state index is 11.4. The number of aromatic nitrogens is 2. The fourth-order valence-corrected chi connectivity index (χ4v) is 2.92. The lowest BCUT2D eigenvalue weighted by Gasteiger charge is -2.14. The molecule has 1 aromatic heterocycles. The molecule has 0 fully saturated rings. The zero-order chi connectivity index (χ0) is 15.2. The second-order valence-electron chi connectivity index (χ2n) is 5.26. The maximum atomic E-state index is 11.4. The molecule has 1 heterocycles.